The third-order valence-corrected chi connectivity index (χ3v) is 13.5. The van der Waals surface area contributed by atoms with Crippen LogP contribution in [0.1, 0.15) is 47.2 Å². The van der Waals surface area contributed by atoms with E-state index in [2.05, 4.69) is 184 Å². The van der Waals surface area contributed by atoms with Crippen molar-refractivity contribution in [1.29, 1.82) is 0 Å². The summed E-state index contributed by atoms with van der Waals surface area (Å²) < 4.78 is 0. The van der Waals surface area contributed by atoms with E-state index in [4.69, 9.17) is 15.0 Å². The summed E-state index contributed by atoms with van der Waals surface area (Å²) in [7, 11) is 0. The maximum Gasteiger partial charge on any atom is 0.164 e. The fourth-order valence-electron chi connectivity index (χ4n) is 9.50. The van der Waals surface area contributed by atoms with Crippen molar-refractivity contribution in [2.75, 3.05) is 0 Å². The average molecular weight is 774 g/mol. The van der Waals surface area contributed by atoms with Crippen LogP contribution < -0.4 is 0 Å². The Hall–Kier alpha value is -6.88. The van der Waals surface area contributed by atoms with Crippen LogP contribution in [0.3, 0.4) is 0 Å². The summed E-state index contributed by atoms with van der Waals surface area (Å²) in [6, 6.07) is 72.0. The van der Waals surface area contributed by atoms with E-state index < -0.39 is 5.41 Å². The Balaban J connectivity index is 1.05. The third-order valence-electron chi connectivity index (χ3n) is 12.3. The molecule has 1 spiro atoms. The summed E-state index contributed by atoms with van der Waals surface area (Å²) in [5.41, 5.74) is 14.9. The molecule has 0 bridgehead atoms. The van der Waals surface area contributed by atoms with Crippen LogP contribution >= 0.6 is 11.8 Å². The second-order valence-electron chi connectivity index (χ2n) is 15.9. The molecule has 2 aliphatic rings. The molecule has 0 saturated carbocycles. The van der Waals surface area contributed by atoms with Crippen LogP contribution in [0, 0.1) is 0 Å². The number of hydrogen-bond acceptors (Lipinski definition) is 4. The summed E-state index contributed by atoms with van der Waals surface area (Å²) in [5.74, 6) is 1.93. The second kappa shape index (κ2) is 13.9. The van der Waals surface area contributed by atoms with Crippen molar-refractivity contribution >= 4 is 11.8 Å². The molecule has 0 N–H and O–H groups in total. The van der Waals surface area contributed by atoms with Gasteiger partial charge in [-0.1, -0.05) is 208 Å². The van der Waals surface area contributed by atoms with E-state index in [0.29, 0.717) is 17.5 Å². The van der Waals surface area contributed by atoms with Crippen molar-refractivity contribution in [3.63, 3.8) is 0 Å². The Morgan fingerprint density at radius 3 is 1.41 bits per heavy atom. The number of rotatable bonds is 5. The molecule has 9 aromatic rings. The molecule has 8 aromatic carbocycles. The minimum atomic E-state index is -0.471. The summed E-state index contributed by atoms with van der Waals surface area (Å²) in [4.78, 5) is 17.9. The minimum Gasteiger partial charge on any atom is -0.208 e. The van der Waals surface area contributed by atoms with E-state index in [1.54, 1.807) is 0 Å². The predicted molar refractivity (Wildman–Crippen MR) is 242 cm³/mol. The van der Waals surface area contributed by atoms with E-state index in [-0.39, 0.29) is 5.41 Å². The molecule has 0 saturated heterocycles. The normalized spacial score (nSPS) is 14.1. The topological polar surface area (TPSA) is 38.7 Å². The van der Waals surface area contributed by atoms with Gasteiger partial charge in [-0.3, -0.25) is 0 Å². The average Bonchev–Trinajstić information content (AvgIpc) is 3.31. The van der Waals surface area contributed by atoms with E-state index in [1.165, 1.54) is 48.7 Å². The lowest BCUT2D eigenvalue weighted by Crippen LogP contribution is -2.43. The minimum absolute atomic E-state index is 0.148. The summed E-state index contributed by atoms with van der Waals surface area (Å²) >= 11 is 1.88. The molecule has 1 aromatic heterocycles. The first-order valence-electron chi connectivity index (χ1n) is 20.2. The van der Waals surface area contributed by atoms with Crippen molar-refractivity contribution in [3.8, 4) is 56.4 Å². The monoisotopic (exact) mass is 773 g/mol. The molecule has 11 rings (SSSR count). The van der Waals surface area contributed by atoms with E-state index in [9.17, 15) is 0 Å². The lowest BCUT2D eigenvalue weighted by atomic mass is 9.54. The summed E-state index contributed by atoms with van der Waals surface area (Å²) in [5, 5.41) is 0. The molecule has 4 heteroatoms. The zero-order chi connectivity index (χ0) is 39.6. The molecule has 0 unspecified atom stereocenters. The van der Waals surface area contributed by atoms with Crippen LogP contribution in [-0.2, 0) is 10.8 Å². The first-order valence-corrected chi connectivity index (χ1v) is 21.0. The van der Waals surface area contributed by atoms with Gasteiger partial charge in [0.2, 0.25) is 0 Å². The first-order chi connectivity index (χ1) is 29.0. The molecule has 3 nitrogen and oxygen atoms in total. The Morgan fingerprint density at radius 2 is 0.763 bits per heavy atom. The largest absolute Gasteiger partial charge is 0.208 e. The molecule has 0 atom stereocenters. The molecule has 0 radical (unpaired) electrons. The SMILES string of the molecule is CC1(C)c2ccccc2C2(c3ccccc3Sc3ccc(-c4ccc(-c5nc(-c6ccccc6)nc(-c6ccccc6-c6ccccc6)n5)cc4)cc32)c2ccccc21. The summed E-state index contributed by atoms with van der Waals surface area (Å²) in [6.07, 6.45) is 0. The zero-order valence-electron chi connectivity index (χ0n) is 32.8. The molecule has 0 fully saturated rings. The summed E-state index contributed by atoms with van der Waals surface area (Å²) in [6.45, 7) is 4.75. The molecular weight excluding hydrogens is 735 g/mol. The van der Waals surface area contributed by atoms with Crippen molar-refractivity contribution in [3.05, 3.63) is 234 Å². The van der Waals surface area contributed by atoms with Gasteiger partial charge < -0.3 is 0 Å². The highest BCUT2D eigenvalue weighted by molar-refractivity contribution is 7.99. The fourth-order valence-corrected chi connectivity index (χ4v) is 10.7. The smallest absolute Gasteiger partial charge is 0.164 e. The van der Waals surface area contributed by atoms with Crippen molar-refractivity contribution in [2.24, 2.45) is 0 Å². The quantitative estimate of drug-likeness (QED) is 0.175. The van der Waals surface area contributed by atoms with Gasteiger partial charge in [0.1, 0.15) is 0 Å². The van der Waals surface area contributed by atoms with Crippen molar-refractivity contribution in [2.45, 2.75) is 34.5 Å². The number of hydrogen-bond donors (Lipinski definition) is 0. The maximum absolute atomic E-state index is 5.15. The van der Waals surface area contributed by atoms with Crippen LogP contribution in [-0.4, -0.2) is 15.0 Å². The third kappa shape index (κ3) is 5.62. The molecule has 1 aliphatic carbocycles. The molecule has 280 valence electrons. The predicted octanol–water partition coefficient (Wildman–Crippen LogP) is 13.7. The molecule has 2 heterocycles. The van der Waals surface area contributed by atoms with Gasteiger partial charge in [0, 0.05) is 31.9 Å². The Morgan fingerprint density at radius 1 is 0.322 bits per heavy atom. The van der Waals surface area contributed by atoms with E-state index in [1.807, 2.05) is 42.1 Å². The molecular formula is C55H39N3S. The first kappa shape index (κ1) is 35.3. The Labute approximate surface area is 349 Å². The van der Waals surface area contributed by atoms with Crippen LogP contribution in [0.15, 0.2) is 210 Å². The number of fused-ring (bicyclic) bond motifs is 8. The molecule has 1 aliphatic heterocycles. The standard InChI is InChI=1S/C55H39N3S/c1-54(2)43-23-11-13-25-45(43)55(46-26-14-12-24-44(46)54)47-27-15-16-28-49(47)59-50-34-33-40(35-48(50)55)36-29-31-39(32-30-36)52-56-51(38-19-7-4-8-20-38)57-53(58-52)42-22-10-9-21-41(42)37-17-5-3-6-18-37/h3-35H,1-2H3. The molecule has 0 amide bonds. The number of benzene rings is 8. The van der Waals surface area contributed by atoms with Crippen molar-refractivity contribution in [1.82, 2.24) is 15.0 Å². The Bertz CT molecular complexity index is 3000. The van der Waals surface area contributed by atoms with Gasteiger partial charge in [-0.05, 0) is 73.8 Å². The van der Waals surface area contributed by atoms with Crippen molar-refractivity contribution < 1.29 is 0 Å². The van der Waals surface area contributed by atoms with Gasteiger partial charge in [-0.15, -0.1) is 0 Å². The van der Waals surface area contributed by atoms with Gasteiger partial charge in [-0.2, -0.15) is 0 Å². The van der Waals surface area contributed by atoms with Crippen LogP contribution in [0.4, 0.5) is 0 Å². The number of aromatic nitrogens is 3. The van der Waals surface area contributed by atoms with Gasteiger partial charge in [0.25, 0.3) is 0 Å². The van der Waals surface area contributed by atoms with Gasteiger partial charge in [-0.25, -0.2) is 15.0 Å². The van der Waals surface area contributed by atoms with Gasteiger partial charge in [0.15, 0.2) is 17.5 Å². The highest BCUT2D eigenvalue weighted by Gasteiger charge is 2.52. The van der Waals surface area contributed by atoms with Gasteiger partial charge in [0.05, 0.1) is 5.41 Å². The van der Waals surface area contributed by atoms with Crippen LogP contribution in [0.2, 0.25) is 0 Å². The lowest BCUT2D eigenvalue weighted by Gasteiger charge is -2.50. The van der Waals surface area contributed by atoms with Gasteiger partial charge >= 0.3 is 0 Å². The highest BCUT2D eigenvalue weighted by Crippen LogP contribution is 2.61. The van der Waals surface area contributed by atoms with Crippen LogP contribution in [0.25, 0.3) is 56.4 Å². The fraction of sp³-hybridized carbons (Fsp3) is 0.0727. The molecule has 59 heavy (non-hydrogen) atoms. The van der Waals surface area contributed by atoms with Crippen LogP contribution in [0.5, 0.6) is 0 Å². The lowest BCUT2D eigenvalue weighted by molar-refractivity contribution is 0.549. The Kier molecular flexibility index (Phi) is 8.31. The maximum atomic E-state index is 5.15. The second-order valence-corrected chi connectivity index (χ2v) is 17.0. The highest BCUT2D eigenvalue weighted by atomic mass is 32.2. The number of nitrogens with zero attached hydrogens (tertiary/aromatic N) is 3. The van der Waals surface area contributed by atoms with E-state index in [0.717, 1.165) is 33.4 Å². The van der Waals surface area contributed by atoms with E-state index >= 15 is 0 Å². The zero-order valence-corrected chi connectivity index (χ0v) is 33.6.